The summed E-state index contributed by atoms with van der Waals surface area (Å²) >= 11 is 0. The third-order valence-corrected chi connectivity index (χ3v) is 6.23. The smallest absolute Gasteiger partial charge is 0.254 e. The summed E-state index contributed by atoms with van der Waals surface area (Å²) in [5.74, 6) is -0.787. The van der Waals surface area contributed by atoms with E-state index in [4.69, 9.17) is 5.73 Å². The van der Waals surface area contributed by atoms with Crippen LogP contribution >= 0.6 is 0 Å². The highest BCUT2D eigenvalue weighted by molar-refractivity contribution is 5.95. The lowest BCUT2D eigenvalue weighted by Crippen LogP contribution is -2.36. The van der Waals surface area contributed by atoms with Gasteiger partial charge in [0, 0.05) is 26.2 Å². The Kier molecular flexibility index (Phi) is 7.99. The molecule has 6 nitrogen and oxygen atoms in total. The van der Waals surface area contributed by atoms with E-state index in [0.717, 1.165) is 17.6 Å². The molecule has 0 unspecified atom stereocenters. The topological polar surface area (TPSA) is 87.8 Å². The molecule has 2 amide bonds. The zero-order valence-electron chi connectivity index (χ0n) is 19.8. The van der Waals surface area contributed by atoms with Crippen LogP contribution in [0.1, 0.15) is 54.2 Å². The number of nitrogens with two attached hydrogens (primary N) is 1. The number of piperidine rings is 1. The molecule has 1 fully saturated rings. The number of nitrogens with zero attached hydrogens (tertiary/aromatic N) is 2. The number of hydrogen-bond donors (Lipinski definition) is 2. The highest BCUT2D eigenvalue weighted by Crippen LogP contribution is 2.24. The van der Waals surface area contributed by atoms with Gasteiger partial charge in [0.05, 0.1) is 11.6 Å². The highest BCUT2D eigenvalue weighted by Gasteiger charge is 2.24. The molecule has 0 bridgehead atoms. The Hall–Kier alpha value is -3.74. The van der Waals surface area contributed by atoms with Gasteiger partial charge in [0.1, 0.15) is 11.6 Å². The van der Waals surface area contributed by atoms with E-state index >= 15 is 0 Å². The predicted octanol–water partition coefficient (Wildman–Crippen LogP) is 4.46. The number of hydrogen-bond acceptors (Lipinski definition) is 4. The van der Waals surface area contributed by atoms with Crippen molar-refractivity contribution in [3.05, 3.63) is 89.0 Å². The van der Waals surface area contributed by atoms with Crippen molar-refractivity contribution in [2.45, 2.75) is 32.7 Å². The number of nitrogens with one attached hydrogen (secondary N) is 1. The summed E-state index contributed by atoms with van der Waals surface area (Å²) in [6, 6.07) is 13.6. The van der Waals surface area contributed by atoms with Crippen molar-refractivity contribution in [2.24, 2.45) is 16.6 Å². The molecular weight excluding hydrogens is 431 g/mol. The van der Waals surface area contributed by atoms with Crippen LogP contribution < -0.4 is 11.1 Å². The van der Waals surface area contributed by atoms with Gasteiger partial charge in [0.25, 0.3) is 5.91 Å². The van der Waals surface area contributed by atoms with E-state index in [1.807, 2.05) is 37.3 Å². The molecule has 0 spiro atoms. The Morgan fingerprint density at radius 1 is 1.29 bits per heavy atom. The fraction of sp³-hybridized carbons (Fsp3) is 0.296. The fourth-order valence-corrected chi connectivity index (χ4v) is 3.79. The summed E-state index contributed by atoms with van der Waals surface area (Å²) in [4.78, 5) is 30.5. The van der Waals surface area contributed by atoms with Gasteiger partial charge in [-0.3, -0.25) is 9.59 Å². The molecule has 0 radical (unpaired) electrons. The molecule has 2 atom stereocenters. The summed E-state index contributed by atoms with van der Waals surface area (Å²) in [5, 5.41) is 2.82. The molecule has 3 rings (SSSR count). The summed E-state index contributed by atoms with van der Waals surface area (Å²) in [5.41, 5.74) is 8.85. The van der Waals surface area contributed by atoms with Crippen LogP contribution in [0.15, 0.2) is 71.5 Å². The summed E-state index contributed by atoms with van der Waals surface area (Å²) in [6.07, 6.45) is 2.81. The Balaban J connectivity index is 1.68. The minimum atomic E-state index is -0.638. The molecule has 0 aliphatic carbocycles. The van der Waals surface area contributed by atoms with E-state index in [-0.39, 0.29) is 29.3 Å². The second-order valence-corrected chi connectivity index (χ2v) is 8.65. The average Bonchev–Trinajstić information content (AvgIpc) is 2.83. The maximum Gasteiger partial charge on any atom is 0.254 e. The van der Waals surface area contributed by atoms with Gasteiger partial charge in [-0.1, -0.05) is 43.0 Å². The first kappa shape index (κ1) is 24.9. The number of carbonyl (C=O) groups is 2. The maximum atomic E-state index is 14.8. The van der Waals surface area contributed by atoms with Gasteiger partial charge >= 0.3 is 0 Å². The zero-order valence-corrected chi connectivity index (χ0v) is 19.8. The van der Waals surface area contributed by atoms with Gasteiger partial charge < -0.3 is 16.0 Å². The number of aliphatic imine (C=N–C) groups is 1. The van der Waals surface area contributed by atoms with Crippen LogP contribution in [-0.4, -0.2) is 36.5 Å². The van der Waals surface area contributed by atoms with Crippen molar-refractivity contribution in [2.75, 3.05) is 13.6 Å². The first-order chi connectivity index (χ1) is 16.2. The molecule has 0 aromatic heterocycles. The molecule has 1 heterocycles. The Labute approximate surface area is 200 Å². The Bertz CT molecular complexity index is 1140. The minimum Gasteiger partial charge on any atom is -0.383 e. The number of halogens is 1. The third kappa shape index (κ3) is 5.98. The quantitative estimate of drug-likeness (QED) is 0.596. The molecule has 1 aliphatic heterocycles. The molecule has 1 aliphatic rings. The molecular formula is C27H31FN4O2. The monoisotopic (exact) mass is 462 g/mol. The molecule has 178 valence electrons. The average molecular weight is 463 g/mol. The summed E-state index contributed by atoms with van der Waals surface area (Å²) < 4.78 is 14.8. The van der Waals surface area contributed by atoms with Crippen molar-refractivity contribution in [1.82, 2.24) is 10.2 Å². The predicted molar refractivity (Wildman–Crippen MR) is 133 cm³/mol. The van der Waals surface area contributed by atoms with Crippen LogP contribution in [0.25, 0.3) is 5.57 Å². The largest absolute Gasteiger partial charge is 0.383 e. The lowest BCUT2D eigenvalue weighted by Gasteiger charge is -2.28. The summed E-state index contributed by atoms with van der Waals surface area (Å²) in [6.45, 7) is 8.30. The van der Waals surface area contributed by atoms with E-state index in [1.54, 1.807) is 31.2 Å². The molecule has 0 saturated carbocycles. The minimum absolute atomic E-state index is 0.0362. The molecule has 2 aromatic carbocycles. The second kappa shape index (κ2) is 10.9. The third-order valence-electron chi connectivity index (χ3n) is 6.23. The SMILES string of the molecule is C=C(C=N/C(N)=C(\C)c1ccc(C(=O)N[C@H](C)c2ccccc2)c(F)c1)[C@@H]1CCN(C)C(=O)C1. The van der Waals surface area contributed by atoms with Crippen molar-refractivity contribution in [3.8, 4) is 0 Å². The normalized spacial score (nSPS) is 17.9. The molecule has 3 N–H and O–H groups in total. The van der Waals surface area contributed by atoms with Crippen molar-refractivity contribution < 1.29 is 14.0 Å². The number of amides is 2. The van der Waals surface area contributed by atoms with Crippen LogP contribution in [0.5, 0.6) is 0 Å². The fourth-order valence-electron chi connectivity index (χ4n) is 3.79. The second-order valence-electron chi connectivity index (χ2n) is 8.65. The van der Waals surface area contributed by atoms with Gasteiger partial charge in [0.15, 0.2) is 0 Å². The van der Waals surface area contributed by atoms with Crippen LogP contribution in [0.4, 0.5) is 4.39 Å². The van der Waals surface area contributed by atoms with Gasteiger partial charge in [-0.15, -0.1) is 0 Å². The standard InChI is InChI=1S/C27H31FN4O2/c1-17(21-12-13-32(4)25(33)15-21)16-30-26(29)18(2)22-10-11-23(24(28)14-22)27(34)31-19(3)20-8-6-5-7-9-20/h5-11,14,16,19,21H,1,12-13,15,29H2,2-4H3,(H,31,34)/b26-18+,30-16?/t19-,21-/m1/s1. The zero-order chi connectivity index (χ0) is 24.8. The lowest BCUT2D eigenvalue weighted by atomic mass is 9.90. The van der Waals surface area contributed by atoms with Crippen LogP contribution in [-0.2, 0) is 4.79 Å². The van der Waals surface area contributed by atoms with E-state index in [2.05, 4.69) is 16.9 Å². The van der Waals surface area contributed by atoms with E-state index < -0.39 is 11.7 Å². The van der Waals surface area contributed by atoms with E-state index in [0.29, 0.717) is 24.1 Å². The van der Waals surface area contributed by atoms with Crippen LogP contribution in [0.3, 0.4) is 0 Å². The lowest BCUT2D eigenvalue weighted by molar-refractivity contribution is -0.132. The van der Waals surface area contributed by atoms with Crippen LogP contribution in [0.2, 0.25) is 0 Å². The number of allylic oxidation sites excluding steroid dienone is 2. The van der Waals surface area contributed by atoms with E-state index in [9.17, 15) is 14.0 Å². The number of carbonyl (C=O) groups excluding carboxylic acids is 2. The van der Waals surface area contributed by atoms with Gasteiger partial charge in [-0.25, -0.2) is 9.38 Å². The first-order valence-corrected chi connectivity index (χ1v) is 11.3. The van der Waals surface area contributed by atoms with Gasteiger partial charge in [-0.2, -0.15) is 0 Å². The van der Waals surface area contributed by atoms with Gasteiger partial charge in [0.2, 0.25) is 5.91 Å². The Morgan fingerprint density at radius 3 is 2.65 bits per heavy atom. The van der Waals surface area contributed by atoms with Crippen molar-refractivity contribution in [1.29, 1.82) is 0 Å². The summed E-state index contributed by atoms with van der Waals surface area (Å²) in [7, 11) is 1.79. The first-order valence-electron chi connectivity index (χ1n) is 11.3. The van der Waals surface area contributed by atoms with Gasteiger partial charge in [-0.05, 0) is 60.6 Å². The Morgan fingerprint density at radius 2 is 2.00 bits per heavy atom. The molecule has 1 saturated heterocycles. The van der Waals surface area contributed by atoms with E-state index in [1.165, 1.54) is 12.1 Å². The van der Waals surface area contributed by atoms with Crippen molar-refractivity contribution in [3.63, 3.8) is 0 Å². The number of benzene rings is 2. The van der Waals surface area contributed by atoms with Crippen molar-refractivity contribution >= 4 is 23.6 Å². The molecule has 34 heavy (non-hydrogen) atoms. The highest BCUT2D eigenvalue weighted by atomic mass is 19.1. The molecule has 7 heteroatoms. The number of likely N-dealkylation sites (tertiary alicyclic amines) is 1. The maximum absolute atomic E-state index is 14.8. The number of rotatable bonds is 7. The molecule has 2 aromatic rings. The van der Waals surface area contributed by atoms with Crippen LogP contribution in [0, 0.1) is 11.7 Å².